The summed E-state index contributed by atoms with van der Waals surface area (Å²) in [5, 5.41) is 12.2. The molecule has 2 bridgehead atoms. The topological polar surface area (TPSA) is 75.9 Å². The normalized spacial score (nSPS) is 20.2. The molecule has 0 spiro atoms. The number of amides is 1. The van der Waals surface area contributed by atoms with Gasteiger partial charge in [0.15, 0.2) is 11.6 Å². The van der Waals surface area contributed by atoms with E-state index in [1.165, 1.54) is 6.92 Å². The molecule has 0 aliphatic carbocycles. The second kappa shape index (κ2) is 9.43. The quantitative estimate of drug-likeness (QED) is 0.487. The Balaban J connectivity index is 1.58. The zero-order chi connectivity index (χ0) is 24.5. The number of nitrogens with zero attached hydrogens (tertiary/aromatic N) is 5. The third-order valence-corrected chi connectivity index (χ3v) is 6.84. The fraction of sp³-hybridized carbons (Fsp3) is 0.286. The molecule has 2 aromatic heterocycles. The summed E-state index contributed by atoms with van der Waals surface area (Å²) in [6.45, 7) is 12.4. The van der Waals surface area contributed by atoms with Crippen molar-refractivity contribution in [2.24, 2.45) is 0 Å². The van der Waals surface area contributed by atoms with Gasteiger partial charge in [-0.3, -0.25) is 14.7 Å². The standard InChI is InChI=1S/C28H30N6O/c1-5-8-20(6-2)26(21-9-7-10-23(14-21)30-19(4)35)34-24-11-12-25(34)28-32-31-27(33(28)17-24)22-13-18(3)15-29-16-22/h5-10,13-16,24-26H,1-2,11-12,17H2,3-4H3,(H,30,35)/b20-8+. The van der Waals surface area contributed by atoms with Crippen molar-refractivity contribution in [1.29, 1.82) is 0 Å². The smallest absolute Gasteiger partial charge is 0.221 e. The number of carbonyl (C=O) groups excluding carboxylic acids is 1. The van der Waals surface area contributed by atoms with E-state index in [9.17, 15) is 4.79 Å². The Morgan fingerprint density at radius 1 is 1.20 bits per heavy atom. The molecule has 2 aliphatic heterocycles. The van der Waals surface area contributed by atoms with Gasteiger partial charge in [-0.05, 0) is 54.7 Å². The van der Waals surface area contributed by atoms with Gasteiger partial charge in [0.25, 0.3) is 0 Å². The number of benzene rings is 1. The number of pyridine rings is 1. The molecule has 3 atom stereocenters. The molecule has 2 aliphatic rings. The van der Waals surface area contributed by atoms with E-state index in [4.69, 9.17) is 0 Å². The summed E-state index contributed by atoms with van der Waals surface area (Å²) in [6.07, 6.45) is 11.5. The van der Waals surface area contributed by atoms with Crippen LogP contribution in [0.15, 0.2) is 79.7 Å². The Hall–Kier alpha value is -3.84. The van der Waals surface area contributed by atoms with E-state index in [2.05, 4.69) is 61.3 Å². The van der Waals surface area contributed by atoms with Crippen LogP contribution < -0.4 is 5.32 Å². The van der Waals surface area contributed by atoms with Crippen molar-refractivity contribution in [3.63, 3.8) is 0 Å². The van der Waals surface area contributed by atoms with Crippen LogP contribution in [0, 0.1) is 6.92 Å². The summed E-state index contributed by atoms with van der Waals surface area (Å²) < 4.78 is 2.27. The van der Waals surface area contributed by atoms with Gasteiger partial charge in [-0.1, -0.05) is 43.5 Å². The second-order valence-corrected chi connectivity index (χ2v) is 9.25. The number of allylic oxidation sites excluding steroid dienone is 2. The highest BCUT2D eigenvalue weighted by molar-refractivity contribution is 5.88. The molecular weight excluding hydrogens is 436 g/mol. The molecule has 3 aromatic rings. The van der Waals surface area contributed by atoms with Gasteiger partial charge in [-0.25, -0.2) is 0 Å². The van der Waals surface area contributed by atoms with Crippen LogP contribution >= 0.6 is 0 Å². The largest absolute Gasteiger partial charge is 0.326 e. The van der Waals surface area contributed by atoms with Crippen LogP contribution in [0.25, 0.3) is 11.4 Å². The van der Waals surface area contributed by atoms with Crippen molar-refractivity contribution in [2.45, 2.75) is 51.4 Å². The second-order valence-electron chi connectivity index (χ2n) is 9.25. The number of hydrogen-bond donors (Lipinski definition) is 1. The van der Waals surface area contributed by atoms with Gasteiger partial charge < -0.3 is 9.88 Å². The summed E-state index contributed by atoms with van der Waals surface area (Å²) in [4.78, 5) is 18.6. The summed E-state index contributed by atoms with van der Waals surface area (Å²) >= 11 is 0. The van der Waals surface area contributed by atoms with Gasteiger partial charge in [0.2, 0.25) is 5.91 Å². The summed E-state index contributed by atoms with van der Waals surface area (Å²) in [5.41, 5.74) is 5.04. The Morgan fingerprint density at radius 3 is 2.80 bits per heavy atom. The molecule has 1 aromatic carbocycles. The van der Waals surface area contributed by atoms with Crippen LogP contribution in [0.3, 0.4) is 0 Å². The Labute approximate surface area is 205 Å². The van der Waals surface area contributed by atoms with Gasteiger partial charge in [0.05, 0.1) is 12.1 Å². The molecule has 0 radical (unpaired) electrons. The van der Waals surface area contributed by atoms with E-state index < -0.39 is 0 Å². The van der Waals surface area contributed by atoms with Gasteiger partial charge in [0, 0.05) is 43.2 Å². The van der Waals surface area contributed by atoms with Crippen LogP contribution in [-0.4, -0.2) is 36.6 Å². The molecular formula is C28H30N6O. The van der Waals surface area contributed by atoms with E-state index in [0.29, 0.717) is 6.04 Å². The number of carbonyl (C=O) groups is 1. The minimum atomic E-state index is -0.0893. The minimum absolute atomic E-state index is 0.0498. The average molecular weight is 467 g/mol. The first-order valence-electron chi connectivity index (χ1n) is 11.9. The Morgan fingerprint density at radius 2 is 2.06 bits per heavy atom. The van der Waals surface area contributed by atoms with Crippen LogP contribution in [0.5, 0.6) is 0 Å². The van der Waals surface area contributed by atoms with Gasteiger partial charge in [-0.2, -0.15) is 0 Å². The fourth-order valence-corrected chi connectivity index (χ4v) is 5.52. The summed E-state index contributed by atoms with van der Waals surface area (Å²) in [6, 6.07) is 10.5. The number of nitrogens with one attached hydrogen (secondary N) is 1. The first-order chi connectivity index (χ1) is 17.0. The number of rotatable bonds is 7. The Bertz CT molecular complexity index is 1320. The lowest BCUT2D eigenvalue weighted by Crippen LogP contribution is -2.43. The lowest BCUT2D eigenvalue weighted by atomic mass is 9.93. The lowest BCUT2D eigenvalue weighted by Gasteiger charge is -2.41. The first-order valence-corrected chi connectivity index (χ1v) is 11.9. The molecule has 5 rings (SSSR count). The molecule has 1 amide bonds. The predicted molar refractivity (Wildman–Crippen MR) is 138 cm³/mol. The highest BCUT2D eigenvalue weighted by Crippen LogP contribution is 2.48. The minimum Gasteiger partial charge on any atom is -0.326 e. The van der Waals surface area contributed by atoms with Crippen molar-refractivity contribution in [2.75, 3.05) is 5.32 Å². The SMILES string of the molecule is C=C/C=C(\C=C)C(c1cccc(NC(C)=O)c1)N1C2CCC1c1nnc(-c3cncc(C)c3)n1C2. The summed E-state index contributed by atoms with van der Waals surface area (Å²) in [5.74, 6) is 1.77. The zero-order valence-corrected chi connectivity index (χ0v) is 20.2. The maximum Gasteiger partial charge on any atom is 0.221 e. The number of fused-ring (bicyclic) bond motifs is 4. The number of aromatic nitrogens is 4. The van der Waals surface area contributed by atoms with Crippen LogP contribution in [0.4, 0.5) is 5.69 Å². The molecule has 1 fully saturated rings. The maximum absolute atomic E-state index is 11.7. The molecule has 1 saturated heterocycles. The highest BCUT2D eigenvalue weighted by atomic mass is 16.1. The van der Waals surface area contributed by atoms with Crippen molar-refractivity contribution in [3.8, 4) is 11.4 Å². The lowest BCUT2D eigenvalue weighted by molar-refractivity contribution is -0.114. The number of aryl methyl sites for hydroxylation is 1. The first kappa shape index (κ1) is 22.9. The molecule has 7 nitrogen and oxygen atoms in total. The molecule has 4 heterocycles. The molecule has 178 valence electrons. The molecule has 7 heteroatoms. The number of anilines is 1. The fourth-order valence-electron chi connectivity index (χ4n) is 5.52. The van der Waals surface area contributed by atoms with Gasteiger partial charge in [-0.15, -0.1) is 10.2 Å². The highest BCUT2D eigenvalue weighted by Gasteiger charge is 2.46. The van der Waals surface area contributed by atoms with E-state index in [-0.39, 0.29) is 18.0 Å². The van der Waals surface area contributed by atoms with Gasteiger partial charge in [0.1, 0.15) is 0 Å². The van der Waals surface area contributed by atoms with Crippen LogP contribution in [-0.2, 0) is 11.3 Å². The van der Waals surface area contributed by atoms with Crippen molar-refractivity contribution < 1.29 is 4.79 Å². The zero-order valence-electron chi connectivity index (χ0n) is 20.2. The van der Waals surface area contributed by atoms with Crippen molar-refractivity contribution in [1.82, 2.24) is 24.6 Å². The molecule has 1 N–H and O–H groups in total. The van der Waals surface area contributed by atoms with E-state index >= 15 is 0 Å². The third-order valence-electron chi connectivity index (χ3n) is 6.84. The van der Waals surface area contributed by atoms with Crippen LogP contribution in [0.2, 0.25) is 0 Å². The molecule has 35 heavy (non-hydrogen) atoms. The number of hydrogen-bond acceptors (Lipinski definition) is 5. The van der Waals surface area contributed by atoms with Gasteiger partial charge >= 0.3 is 0 Å². The molecule has 3 unspecified atom stereocenters. The Kier molecular flexibility index (Phi) is 6.17. The molecule has 0 saturated carbocycles. The van der Waals surface area contributed by atoms with Crippen molar-refractivity contribution in [3.05, 3.63) is 96.6 Å². The van der Waals surface area contributed by atoms with Crippen LogP contribution in [0.1, 0.15) is 48.8 Å². The van der Waals surface area contributed by atoms with E-state index in [1.54, 1.807) is 6.08 Å². The predicted octanol–water partition coefficient (Wildman–Crippen LogP) is 5.17. The summed E-state index contributed by atoms with van der Waals surface area (Å²) in [7, 11) is 0. The maximum atomic E-state index is 11.7. The van der Waals surface area contributed by atoms with E-state index in [1.807, 2.05) is 43.6 Å². The average Bonchev–Trinajstić information content (AvgIpc) is 3.39. The third kappa shape index (κ3) is 4.23. The monoisotopic (exact) mass is 466 g/mol. The van der Waals surface area contributed by atoms with Crippen molar-refractivity contribution >= 4 is 11.6 Å². The van der Waals surface area contributed by atoms with E-state index in [0.717, 1.165) is 59.0 Å².